The van der Waals surface area contributed by atoms with E-state index in [4.69, 9.17) is 11.6 Å². The van der Waals surface area contributed by atoms with E-state index in [9.17, 15) is 13.2 Å². The van der Waals surface area contributed by atoms with Crippen LogP contribution >= 0.6 is 11.6 Å². The van der Waals surface area contributed by atoms with Gasteiger partial charge >= 0.3 is 0 Å². The molecule has 1 rings (SSSR count). The first kappa shape index (κ1) is 15.7. The molecule has 0 bridgehead atoms. The summed E-state index contributed by atoms with van der Waals surface area (Å²) in [4.78, 5) is 13.5. The minimum absolute atomic E-state index is 0.0379. The number of alkyl halides is 1. The molecule has 5 nitrogen and oxygen atoms in total. The Kier molecular flexibility index (Phi) is 6.38. The first-order valence-corrected chi connectivity index (χ1v) is 8.44. The fourth-order valence-corrected chi connectivity index (χ4v) is 3.47. The maximum atomic E-state index is 11.8. The monoisotopic (exact) mass is 296 g/mol. The smallest absolute Gasteiger partial charge is 0.237 e. The van der Waals surface area contributed by atoms with Crippen molar-refractivity contribution in [3.05, 3.63) is 0 Å². The number of piperidine rings is 1. The highest BCUT2D eigenvalue weighted by atomic mass is 35.5. The number of likely N-dealkylation sites (tertiary alicyclic amines) is 1. The van der Waals surface area contributed by atoms with E-state index in [0.29, 0.717) is 5.88 Å². The first-order valence-electron chi connectivity index (χ1n) is 6.25. The molecule has 1 aliphatic rings. The van der Waals surface area contributed by atoms with Crippen molar-refractivity contribution in [1.29, 1.82) is 0 Å². The molecule has 0 spiro atoms. The Morgan fingerprint density at radius 1 is 1.33 bits per heavy atom. The number of rotatable bonds is 6. The molecule has 1 amide bonds. The molecule has 1 atom stereocenters. The van der Waals surface area contributed by atoms with Crippen molar-refractivity contribution in [2.45, 2.75) is 26.2 Å². The van der Waals surface area contributed by atoms with Gasteiger partial charge in [-0.3, -0.25) is 4.79 Å². The summed E-state index contributed by atoms with van der Waals surface area (Å²) in [6.07, 6.45) is 3.15. The number of hydrogen-bond acceptors (Lipinski definition) is 3. The molecule has 7 heteroatoms. The Morgan fingerprint density at radius 3 is 2.50 bits per heavy atom. The minimum atomic E-state index is -3.41. The van der Waals surface area contributed by atoms with E-state index < -0.39 is 10.0 Å². The summed E-state index contributed by atoms with van der Waals surface area (Å²) in [5, 5.41) is 0. The molecule has 18 heavy (non-hydrogen) atoms. The van der Waals surface area contributed by atoms with E-state index in [1.807, 2.05) is 0 Å². The van der Waals surface area contributed by atoms with Crippen LogP contribution < -0.4 is 4.72 Å². The van der Waals surface area contributed by atoms with Crippen molar-refractivity contribution in [3.63, 3.8) is 0 Å². The van der Waals surface area contributed by atoms with Crippen LogP contribution in [0.5, 0.6) is 0 Å². The zero-order chi connectivity index (χ0) is 13.6. The third-order valence-electron chi connectivity index (χ3n) is 2.92. The average molecular weight is 297 g/mol. The summed E-state index contributed by atoms with van der Waals surface area (Å²) >= 11 is 5.58. The van der Waals surface area contributed by atoms with E-state index in [-0.39, 0.29) is 24.1 Å². The van der Waals surface area contributed by atoms with Gasteiger partial charge in [-0.2, -0.15) is 0 Å². The van der Waals surface area contributed by atoms with Crippen LogP contribution in [0.1, 0.15) is 26.2 Å². The third kappa shape index (κ3) is 5.54. The molecule has 1 unspecified atom stereocenters. The van der Waals surface area contributed by atoms with Gasteiger partial charge in [-0.25, -0.2) is 13.1 Å². The molecule has 1 aliphatic heterocycles. The second-order valence-corrected chi connectivity index (χ2v) is 6.96. The lowest BCUT2D eigenvalue weighted by atomic mass is 10.1. The normalized spacial score (nSPS) is 18.7. The molecular weight excluding hydrogens is 276 g/mol. The first-order chi connectivity index (χ1) is 8.44. The van der Waals surface area contributed by atoms with Crippen molar-refractivity contribution in [3.8, 4) is 0 Å². The summed E-state index contributed by atoms with van der Waals surface area (Å²) in [5.41, 5.74) is 0. The Balaban J connectivity index is 2.36. The van der Waals surface area contributed by atoms with E-state index >= 15 is 0 Å². The van der Waals surface area contributed by atoms with Crippen LogP contribution in [0.15, 0.2) is 0 Å². The second kappa shape index (κ2) is 7.31. The molecule has 0 radical (unpaired) electrons. The van der Waals surface area contributed by atoms with Crippen LogP contribution in [0, 0.1) is 5.92 Å². The van der Waals surface area contributed by atoms with Gasteiger partial charge in [-0.1, -0.05) is 6.92 Å². The largest absolute Gasteiger partial charge is 0.342 e. The molecule has 0 aromatic rings. The summed E-state index contributed by atoms with van der Waals surface area (Å²) < 4.78 is 25.6. The summed E-state index contributed by atoms with van der Waals surface area (Å²) in [6, 6.07) is 0. The van der Waals surface area contributed by atoms with Gasteiger partial charge in [0, 0.05) is 19.0 Å². The zero-order valence-corrected chi connectivity index (χ0v) is 12.3. The molecule has 1 heterocycles. The maximum absolute atomic E-state index is 11.8. The predicted octanol–water partition coefficient (Wildman–Crippen LogP) is 0.793. The molecule has 0 aromatic carbocycles. The second-order valence-electron chi connectivity index (χ2n) is 4.80. The van der Waals surface area contributed by atoms with Crippen molar-refractivity contribution >= 4 is 27.5 Å². The number of hydrogen-bond donors (Lipinski definition) is 1. The van der Waals surface area contributed by atoms with Crippen LogP contribution in [0.25, 0.3) is 0 Å². The highest BCUT2D eigenvalue weighted by Gasteiger charge is 2.20. The van der Waals surface area contributed by atoms with Crippen LogP contribution in [0.4, 0.5) is 0 Å². The number of nitrogens with zero attached hydrogens (tertiary/aromatic N) is 1. The van der Waals surface area contributed by atoms with Gasteiger partial charge in [0.1, 0.15) is 0 Å². The quantitative estimate of drug-likeness (QED) is 0.737. The highest BCUT2D eigenvalue weighted by molar-refractivity contribution is 7.89. The number of amides is 1. The fraction of sp³-hybridized carbons (Fsp3) is 0.909. The Morgan fingerprint density at radius 2 is 1.94 bits per heavy atom. The Hall–Kier alpha value is -0.330. The number of halogens is 1. The van der Waals surface area contributed by atoms with E-state index in [2.05, 4.69) is 4.72 Å². The zero-order valence-electron chi connectivity index (χ0n) is 10.7. The molecule has 0 aliphatic carbocycles. The lowest BCUT2D eigenvalue weighted by Crippen LogP contribution is -2.43. The number of carbonyl (C=O) groups excluding carboxylic acids is 1. The fourth-order valence-electron chi connectivity index (χ4n) is 1.90. The molecular formula is C11H21ClN2O3S. The lowest BCUT2D eigenvalue weighted by Gasteiger charge is -2.26. The molecule has 0 saturated carbocycles. The van der Waals surface area contributed by atoms with E-state index in [1.165, 1.54) is 0 Å². The Bertz CT molecular complexity index is 366. The molecule has 0 aromatic heterocycles. The van der Waals surface area contributed by atoms with E-state index in [1.54, 1.807) is 11.8 Å². The Labute approximate surface area is 114 Å². The van der Waals surface area contributed by atoms with Crippen LogP contribution in [-0.4, -0.2) is 50.5 Å². The van der Waals surface area contributed by atoms with Crippen LogP contribution in [0.3, 0.4) is 0 Å². The molecule has 1 N–H and O–H groups in total. The van der Waals surface area contributed by atoms with Gasteiger partial charge in [-0.05, 0) is 25.2 Å². The standard InChI is InChI=1S/C11H21ClN2O3S/c1-10(7-12)9-18(16,17)13-8-11(15)14-5-3-2-4-6-14/h10,13H,2-9H2,1H3. The van der Waals surface area contributed by atoms with Gasteiger partial charge in [0.25, 0.3) is 0 Å². The third-order valence-corrected chi connectivity index (χ3v) is 5.04. The highest BCUT2D eigenvalue weighted by Crippen LogP contribution is 2.08. The van der Waals surface area contributed by atoms with Crippen molar-refractivity contribution < 1.29 is 13.2 Å². The van der Waals surface area contributed by atoms with Crippen LogP contribution in [-0.2, 0) is 14.8 Å². The van der Waals surface area contributed by atoms with Gasteiger partial charge in [0.2, 0.25) is 15.9 Å². The SMILES string of the molecule is CC(CCl)CS(=O)(=O)NCC(=O)N1CCCCC1. The summed E-state index contributed by atoms with van der Waals surface area (Å²) in [5.74, 6) is -0.00356. The predicted molar refractivity (Wildman–Crippen MR) is 72.1 cm³/mol. The van der Waals surface area contributed by atoms with Crippen molar-refractivity contribution in [2.24, 2.45) is 5.92 Å². The molecule has 1 fully saturated rings. The molecule has 1 saturated heterocycles. The number of sulfonamides is 1. The summed E-state index contributed by atoms with van der Waals surface area (Å²) in [6.45, 7) is 3.09. The van der Waals surface area contributed by atoms with Crippen molar-refractivity contribution in [1.82, 2.24) is 9.62 Å². The van der Waals surface area contributed by atoms with Gasteiger partial charge in [0.05, 0.1) is 12.3 Å². The van der Waals surface area contributed by atoms with Gasteiger partial charge in [0.15, 0.2) is 0 Å². The average Bonchev–Trinajstić information content (AvgIpc) is 2.36. The minimum Gasteiger partial charge on any atom is -0.342 e. The maximum Gasteiger partial charge on any atom is 0.237 e. The lowest BCUT2D eigenvalue weighted by molar-refractivity contribution is -0.130. The number of nitrogens with one attached hydrogen (secondary N) is 1. The topological polar surface area (TPSA) is 66.5 Å². The van der Waals surface area contributed by atoms with Crippen LogP contribution in [0.2, 0.25) is 0 Å². The molecule has 106 valence electrons. The summed E-state index contributed by atoms with van der Waals surface area (Å²) in [7, 11) is -3.41. The number of carbonyl (C=O) groups is 1. The van der Waals surface area contributed by atoms with Crippen molar-refractivity contribution in [2.75, 3.05) is 31.3 Å². The van der Waals surface area contributed by atoms with Gasteiger partial charge < -0.3 is 4.90 Å². The van der Waals surface area contributed by atoms with Gasteiger partial charge in [-0.15, -0.1) is 11.6 Å². The van der Waals surface area contributed by atoms with E-state index in [0.717, 1.165) is 32.4 Å².